The first-order valence-corrected chi connectivity index (χ1v) is 5.95. The van der Waals surface area contributed by atoms with Crippen molar-refractivity contribution in [1.82, 2.24) is 16.0 Å². The molecule has 1 aliphatic carbocycles. The van der Waals surface area contributed by atoms with Crippen molar-refractivity contribution in [1.29, 1.82) is 0 Å². The Kier molecular flexibility index (Phi) is 4.94. The number of urea groups is 1. The maximum atomic E-state index is 11.6. The van der Waals surface area contributed by atoms with Crippen molar-refractivity contribution in [3.05, 3.63) is 0 Å². The fraction of sp³-hybridized carbons (Fsp3) is 0.727. The van der Waals surface area contributed by atoms with E-state index in [0.29, 0.717) is 19.3 Å². The molecule has 3 unspecified atom stereocenters. The van der Waals surface area contributed by atoms with Crippen LogP contribution >= 0.6 is 0 Å². The van der Waals surface area contributed by atoms with Crippen LogP contribution in [-0.4, -0.2) is 42.1 Å². The highest BCUT2D eigenvalue weighted by Gasteiger charge is 2.30. The number of hydrogen-bond acceptors (Lipinski definition) is 3. The summed E-state index contributed by atoms with van der Waals surface area (Å²) in [7, 11) is 1.49. The number of aliphatic carboxylic acids is 1. The molecule has 1 rings (SSSR count). The van der Waals surface area contributed by atoms with Crippen molar-refractivity contribution in [2.45, 2.75) is 38.3 Å². The van der Waals surface area contributed by atoms with Crippen LogP contribution in [0, 0.1) is 5.92 Å². The van der Waals surface area contributed by atoms with Crippen LogP contribution in [-0.2, 0) is 9.59 Å². The molecule has 0 aliphatic heterocycles. The topological polar surface area (TPSA) is 108 Å². The first-order valence-electron chi connectivity index (χ1n) is 5.95. The largest absolute Gasteiger partial charge is 0.481 e. The Bertz CT molecular complexity index is 345. The zero-order chi connectivity index (χ0) is 13.7. The second-order valence-corrected chi connectivity index (χ2v) is 4.50. The van der Waals surface area contributed by atoms with E-state index in [4.69, 9.17) is 5.11 Å². The van der Waals surface area contributed by atoms with Gasteiger partial charge in [0, 0.05) is 13.1 Å². The number of likely N-dealkylation sites (N-methyl/N-ethyl adjacent to an activating group) is 1. The third-order valence-electron chi connectivity index (χ3n) is 3.10. The van der Waals surface area contributed by atoms with Gasteiger partial charge in [0.15, 0.2) is 0 Å². The maximum Gasteiger partial charge on any atom is 0.315 e. The predicted octanol–water partition coefficient (Wildman–Crippen LogP) is -0.327. The normalized spacial score (nSPS) is 24.1. The van der Waals surface area contributed by atoms with Crippen molar-refractivity contribution in [3.8, 4) is 0 Å². The Balaban J connectivity index is 2.33. The lowest BCUT2D eigenvalue weighted by Gasteiger charge is -2.16. The maximum absolute atomic E-state index is 11.6. The molecule has 7 heteroatoms. The van der Waals surface area contributed by atoms with Gasteiger partial charge in [0.2, 0.25) is 5.91 Å². The molecule has 0 radical (unpaired) electrons. The van der Waals surface area contributed by atoms with Crippen LogP contribution in [0.15, 0.2) is 0 Å². The quantitative estimate of drug-likeness (QED) is 0.553. The molecule has 18 heavy (non-hydrogen) atoms. The number of carboxylic acid groups (broad SMARTS) is 1. The Labute approximate surface area is 105 Å². The van der Waals surface area contributed by atoms with Crippen LogP contribution in [0.4, 0.5) is 4.79 Å². The Morgan fingerprint density at radius 3 is 2.44 bits per heavy atom. The van der Waals surface area contributed by atoms with Crippen LogP contribution in [0.1, 0.15) is 26.2 Å². The first kappa shape index (κ1) is 14.3. The SMILES string of the molecule is CNC(=O)C(C)NC(=O)NC1CCC(C(=O)O)C1. The van der Waals surface area contributed by atoms with E-state index in [1.54, 1.807) is 6.92 Å². The summed E-state index contributed by atoms with van der Waals surface area (Å²) in [6.07, 6.45) is 1.67. The van der Waals surface area contributed by atoms with E-state index in [1.807, 2.05) is 0 Å². The third-order valence-corrected chi connectivity index (χ3v) is 3.10. The van der Waals surface area contributed by atoms with Gasteiger partial charge in [-0.15, -0.1) is 0 Å². The van der Waals surface area contributed by atoms with Gasteiger partial charge in [0.05, 0.1) is 5.92 Å². The molecule has 0 saturated heterocycles. The van der Waals surface area contributed by atoms with Crippen molar-refractivity contribution in [2.24, 2.45) is 5.92 Å². The Morgan fingerprint density at radius 1 is 1.28 bits per heavy atom. The molecule has 0 aromatic rings. The molecule has 3 amide bonds. The van der Waals surface area contributed by atoms with Gasteiger partial charge in [-0.1, -0.05) is 0 Å². The van der Waals surface area contributed by atoms with E-state index in [1.165, 1.54) is 7.05 Å². The lowest BCUT2D eigenvalue weighted by molar-refractivity contribution is -0.141. The van der Waals surface area contributed by atoms with E-state index in [0.717, 1.165) is 0 Å². The zero-order valence-electron chi connectivity index (χ0n) is 10.5. The number of carbonyl (C=O) groups excluding carboxylic acids is 2. The van der Waals surface area contributed by atoms with Gasteiger partial charge in [-0.05, 0) is 26.2 Å². The van der Waals surface area contributed by atoms with Crippen LogP contribution in [0.5, 0.6) is 0 Å². The number of amides is 3. The Hall–Kier alpha value is -1.79. The van der Waals surface area contributed by atoms with Gasteiger partial charge in [0.25, 0.3) is 0 Å². The number of carboxylic acids is 1. The predicted molar refractivity (Wildman–Crippen MR) is 64.0 cm³/mol. The van der Waals surface area contributed by atoms with Crippen molar-refractivity contribution < 1.29 is 19.5 Å². The summed E-state index contributed by atoms with van der Waals surface area (Å²) >= 11 is 0. The molecule has 1 aliphatic rings. The highest BCUT2D eigenvalue weighted by molar-refractivity contribution is 5.86. The van der Waals surface area contributed by atoms with Crippen LogP contribution < -0.4 is 16.0 Å². The van der Waals surface area contributed by atoms with Crippen LogP contribution in [0.3, 0.4) is 0 Å². The van der Waals surface area contributed by atoms with E-state index in [2.05, 4.69) is 16.0 Å². The average molecular weight is 257 g/mol. The lowest BCUT2D eigenvalue weighted by atomic mass is 10.1. The summed E-state index contributed by atoms with van der Waals surface area (Å²) in [5, 5.41) is 16.4. The van der Waals surface area contributed by atoms with Crippen molar-refractivity contribution in [3.63, 3.8) is 0 Å². The lowest BCUT2D eigenvalue weighted by Crippen LogP contribution is -2.49. The number of nitrogens with one attached hydrogen (secondary N) is 3. The molecule has 0 heterocycles. The minimum absolute atomic E-state index is 0.136. The van der Waals surface area contributed by atoms with Gasteiger partial charge in [-0.2, -0.15) is 0 Å². The molecule has 4 N–H and O–H groups in total. The van der Waals surface area contributed by atoms with Gasteiger partial charge < -0.3 is 21.1 Å². The van der Waals surface area contributed by atoms with E-state index >= 15 is 0 Å². The number of hydrogen-bond donors (Lipinski definition) is 4. The van der Waals surface area contributed by atoms with Gasteiger partial charge in [0.1, 0.15) is 6.04 Å². The number of rotatable bonds is 4. The summed E-state index contributed by atoms with van der Waals surface area (Å²) in [6.45, 7) is 1.58. The molecular formula is C11H19N3O4. The van der Waals surface area contributed by atoms with E-state index < -0.39 is 18.0 Å². The average Bonchev–Trinajstić information content (AvgIpc) is 2.76. The van der Waals surface area contributed by atoms with Crippen LogP contribution in [0.25, 0.3) is 0 Å². The third kappa shape index (κ3) is 3.90. The smallest absolute Gasteiger partial charge is 0.315 e. The zero-order valence-corrected chi connectivity index (χ0v) is 10.5. The second-order valence-electron chi connectivity index (χ2n) is 4.50. The highest BCUT2D eigenvalue weighted by atomic mass is 16.4. The fourth-order valence-electron chi connectivity index (χ4n) is 2.04. The molecular weight excluding hydrogens is 238 g/mol. The summed E-state index contributed by atoms with van der Waals surface area (Å²) in [6, 6.07) is -1.20. The second kappa shape index (κ2) is 6.23. The van der Waals surface area contributed by atoms with Crippen molar-refractivity contribution in [2.75, 3.05) is 7.05 Å². The van der Waals surface area contributed by atoms with Crippen LogP contribution in [0.2, 0.25) is 0 Å². The molecule has 0 bridgehead atoms. The molecule has 3 atom stereocenters. The summed E-state index contributed by atoms with van der Waals surface area (Å²) in [5.41, 5.74) is 0. The molecule has 0 aromatic carbocycles. The molecule has 102 valence electrons. The van der Waals surface area contributed by atoms with E-state index in [-0.39, 0.29) is 17.9 Å². The monoisotopic (exact) mass is 257 g/mol. The Morgan fingerprint density at radius 2 is 1.94 bits per heavy atom. The van der Waals surface area contributed by atoms with Gasteiger partial charge >= 0.3 is 12.0 Å². The van der Waals surface area contributed by atoms with E-state index in [9.17, 15) is 14.4 Å². The molecule has 0 aromatic heterocycles. The summed E-state index contributed by atoms with van der Waals surface area (Å²) in [5.74, 6) is -1.48. The highest BCUT2D eigenvalue weighted by Crippen LogP contribution is 2.25. The molecule has 1 saturated carbocycles. The first-order chi connectivity index (χ1) is 8.43. The fourth-order valence-corrected chi connectivity index (χ4v) is 2.04. The van der Waals surface area contributed by atoms with Gasteiger partial charge in [-0.25, -0.2) is 4.79 Å². The summed E-state index contributed by atoms with van der Waals surface area (Å²) in [4.78, 5) is 33.5. The summed E-state index contributed by atoms with van der Waals surface area (Å²) < 4.78 is 0. The minimum atomic E-state index is -0.821. The minimum Gasteiger partial charge on any atom is -0.481 e. The molecule has 1 fully saturated rings. The molecule has 0 spiro atoms. The molecule has 7 nitrogen and oxygen atoms in total. The number of carbonyl (C=O) groups is 3. The van der Waals surface area contributed by atoms with Gasteiger partial charge in [-0.3, -0.25) is 9.59 Å². The standard InChI is InChI=1S/C11H19N3O4/c1-6(9(15)12-2)13-11(18)14-8-4-3-7(5-8)10(16)17/h6-8H,3-5H2,1-2H3,(H,12,15)(H,16,17)(H2,13,14,18). The van der Waals surface area contributed by atoms with Crippen molar-refractivity contribution >= 4 is 17.9 Å².